The van der Waals surface area contributed by atoms with Crippen LogP contribution in [0.4, 0.5) is 0 Å². The van der Waals surface area contributed by atoms with E-state index in [1.807, 2.05) is 0 Å². The number of rotatable bonds is 6. The van der Waals surface area contributed by atoms with Crippen LogP contribution in [0.3, 0.4) is 0 Å². The Morgan fingerprint density at radius 3 is 2.94 bits per heavy atom. The van der Waals surface area contributed by atoms with Gasteiger partial charge in [0.25, 0.3) is 5.91 Å². The molecule has 0 saturated heterocycles. The van der Waals surface area contributed by atoms with E-state index in [1.54, 1.807) is 19.1 Å². The molecule has 1 amide bonds. The van der Waals surface area contributed by atoms with Crippen molar-refractivity contribution in [3.05, 3.63) is 30.6 Å². The Kier molecular flexibility index (Phi) is 4.93. The van der Waals surface area contributed by atoms with Crippen LogP contribution in [0.2, 0.25) is 0 Å². The summed E-state index contributed by atoms with van der Waals surface area (Å²) in [6.45, 7) is 5.73. The summed E-state index contributed by atoms with van der Waals surface area (Å²) in [6, 6.07) is 1.55. The van der Waals surface area contributed by atoms with E-state index in [0.29, 0.717) is 12.3 Å². The first-order valence-electron chi connectivity index (χ1n) is 5.24. The van der Waals surface area contributed by atoms with Crippen LogP contribution in [-0.4, -0.2) is 46.7 Å². The average molecular weight is 237 g/mol. The van der Waals surface area contributed by atoms with Crippen LogP contribution in [0, 0.1) is 0 Å². The third-order valence-corrected chi connectivity index (χ3v) is 1.99. The molecule has 0 aliphatic heterocycles. The highest BCUT2D eigenvalue weighted by atomic mass is 16.5. The van der Waals surface area contributed by atoms with Gasteiger partial charge in [-0.2, -0.15) is 5.10 Å². The summed E-state index contributed by atoms with van der Waals surface area (Å²) in [5, 5.41) is 6.24. The van der Waals surface area contributed by atoms with Gasteiger partial charge in [-0.25, -0.2) is 0 Å². The van der Waals surface area contributed by atoms with E-state index in [9.17, 15) is 9.59 Å². The van der Waals surface area contributed by atoms with Gasteiger partial charge < -0.3 is 9.64 Å². The standard InChI is InChI=1S/C11H15N3O3/c1-3-7-14(8-10(15)17-4-2)11(16)9-5-6-12-13-9/h3,5-6H,1,4,7-8H2,2H3,(H,12,13). The second-order valence-corrected chi connectivity index (χ2v) is 3.25. The second kappa shape index (κ2) is 6.47. The summed E-state index contributed by atoms with van der Waals surface area (Å²) in [7, 11) is 0. The van der Waals surface area contributed by atoms with Gasteiger partial charge >= 0.3 is 5.97 Å². The minimum Gasteiger partial charge on any atom is -0.465 e. The predicted octanol–water partition coefficient (Wildman–Crippen LogP) is 0.601. The van der Waals surface area contributed by atoms with Crippen LogP contribution in [0.1, 0.15) is 17.4 Å². The number of H-pyrrole nitrogens is 1. The Morgan fingerprint density at radius 2 is 2.41 bits per heavy atom. The maximum Gasteiger partial charge on any atom is 0.325 e. The number of ether oxygens (including phenoxy) is 1. The molecule has 1 aromatic heterocycles. The highest BCUT2D eigenvalue weighted by Crippen LogP contribution is 2.01. The number of carbonyl (C=O) groups excluding carboxylic acids is 2. The van der Waals surface area contributed by atoms with Crippen molar-refractivity contribution < 1.29 is 14.3 Å². The van der Waals surface area contributed by atoms with Gasteiger partial charge in [0.1, 0.15) is 12.2 Å². The molecular weight excluding hydrogens is 222 g/mol. The second-order valence-electron chi connectivity index (χ2n) is 3.25. The molecule has 92 valence electrons. The van der Waals surface area contributed by atoms with E-state index >= 15 is 0 Å². The fourth-order valence-corrected chi connectivity index (χ4v) is 1.28. The lowest BCUT2D eigenvalue weighted by Gasteiger charge is -2.18. The summed E-state index contributed by atoms with van der Waals surface area (Å²) >= 11 is 0. The summed E-state index contributed by atoms with van der Waals surface area (Å²) in [5.41, 5.74) is 0.330. The smallest absolute Gasteiger partial charge is 0.325 e. The Hall–Kier alpha value is -2.11. The molecule has 1 heterocycles. The van der Waals surface area contributed by atoms with Crippen LogP contribution in [0.25, 0.3) is 0 Å². The van der Waals surface area contributed by atoms with Gasteiger partial charge in [-0.1, -0.05) is 6.08 Å². The number of amides is 1. The minimum atomic E-state index is -0.442. The van der Waals surface area contributed by atoms with Crippen molar-refractivity contribution in [2.75, 3.05) is 19.7 Å². The van der Waals surface area contributed by atoms with Crippen LogP contribution in [-0.2, 0) is 9.53 Å². The first-order valence-corrected chi connectivity index (χ1v) is 5.24. The largest absolute Gasteiger partial charge is 0.465 e. The minimum absolute atomic E-state index is 0.0995. The lowest BCUT2D eigenvalue weighted by atomic mass is 10.3. The maximum atomic E-state index is 11.9. The lowest BCUT2D eigenvalue weighted by molar-refractivity contribution is -0.143. The number of esters is 1. The molecule has 0 aliphatic carbocycles. The fraction of sp³-hybridized carbons (Fsp3) is 0.364. The van der Waals surface area contributed by atoms with Gasteiger partial charge in [0.2, 0.25) is 0 Å². The topological polar surface area (TPSA) is 75.3 Å². The summed E-state index contributed by atoms with van der Waals surface area (Å²) in [5.74, 6) is -0.752. The molecule has 0 saturated carbocycles. The average Bonchev–Trinajstić information content (AvgIpc) is 2.81. The zero-order valence-electron chi connectivity index (χ0n) is 9.68. The van der Waals surface area contributed by atoms with E-state index in [1.165, 1.54) is 11.1 Å². The molecular formula is C11H15N3O3. The highest BCUT2D eigenvalue weighted by molar-refractivity contribution is 5.94. The van der Waals surface area contributed by atoms with Crippen molar-refractivity contribution in [3.8, 4) is 0 Å². The molecule has 0 spiro atoms. The van der Waals surface area contributed by atoms with Crippen molar-refractivity contribution in [2.45, 2.75) is 6.92 Å². The normalized spacial score (nSPS) is 9.71. The van der Waals surface area contributed by atoms with Crippen molar-refractivity contribution in [1.82, 2.24) is 15.1 Å². The van der Waals surface area contributed by atoms with Crippen molar-refractivity contribution in [1.29, 1.82) is 0 Å². The summed E-state index contributed by atoms with van der Waals surface area (Å²) in [6.07, 6.45) is 3.02. The van der Waals surface area contributed by atoms with Crippen molar-refractivity contribution in [3.63, 3.8) is 0 Å². The number of nitrogens with one attached hydrogen (secondary N) is 1. The molecule has 6 nitrogen and oxygen atoms in total. The van der Waals surface area contributed by atoms with Gasteiger partial charge in [-0.05, 0) is 13.0 Å². The first-order chi connectivity index (χ1) is 8.19. The third-order valence-electron chi connectivity index (χ3n) is 1.99. The van der Waals surface area contributed by atoms with Gasteiger partial charge in [0, 0.05) is 12.7 Å². The fourth-order valence-electron chi connectivity index (χ4n) is 1.28. The molecule has 17 heavy (non-hydrogen) atoms. The number of aromatic amines is 1. The van der Waals surface area contributed by atoms with E-state index in [4.69, 9.17) is 4.74 Å². The molecule has 0 bridgehead atoms. The Labute approximate surface area is 99.3 Å². The summed E-state index contributed by atoms with van der Waals surface area (Å²) in [4.78, 5) is 24.6. The Morgan fingerprint density at radius 1 is 1.65 bits per heavy atom. The maximum absolute atomic E-state index is 11.9. The molecule has 0 unspecified atom stereocenters. The quantitative estimate of drug-likeness (QED) is 0.580. The van der Waals surface area contributed by atoms with Gasteiger partial charge in [-0.15, -0.1) is 6.58 Å². The lowest BCUT2D eigenvalue weighted by Crippen LogP contribution is -2.36. The number of hydrogen-bond donors (Lipinski definition) is 1. The van der Waals surface area contributed by atoms with Gasteiger partial charge in [0.15, 0.2) is 0 Å². The van der Waals surface area contributed by atoms with Crippen LogP contribution in [0.5, 0.6) is 0 Å². The Bertz CT molecular complexity index is 387. The van der Waals surface area contributed by atoms with Crippen LogP contribution >= 0.6 is 0 Å². The molecule has 1 rings (SSSR count). The number of carbonyl (C=O) groups is 2. The molecule has 1 N–H and O–H groups in total. The van der Waals surface area contributed by atoms with E-state index in [-0.39, 0.29) is 19.0 Å². The zero-order chi connectivity index (χ0) is 12.7. The predicted molar refractivity (Wildman–Crippen MR) is 61.3 cm³/mol. The molecule has 0 aromatic carbocycles. The third kappa shape index (κ3) is 3.75. The monoisotopic (exact) mass is 237 g/mol. The highest BCUT2D eigenvalue weighted by Gasteiger charge is 2.19. The number of nitrogens with zero attached hydrogens (tertiary/aromatic N) is 2. The van der Waals surface area contributed by atoms with E-state index in [2.05, 4.69) is 16.8 Å². The molecule has 6 heteroatoms. The van der Waals surface area contributed by atoms with Gasteiger partial charge in [0.05, 0.1) is 6.61 Å². The van der Waals surface area contributed by atoms with Gasteiger partial charge in [-0.3, -0.25) is 14.7 Å². The summed E-state index contributed by atoms with van der Waals surface area (Å²) < 4.78 is 4.79. The van der Waals surface area contributed by atoms with Crippen molar-refractivity contribution in [2.24, 2.45) is 0 Å². The zero-order valence-corrected chi connectivity index (χ0v) is 9.68. The molecule has 0 radical (unpaired) electrons. The van der Waals surface area contributed by atoms with E-state index in [0.717, 1.165) is 0 Å². The number of hydrogen-bond acceptors (Lipinski definition) is 4. The molecule has 0 atom stereocenters. The van der Waals surface area contributed by atoms with Crippen molar-refractivity contribution >= 4 is 11.9 Å². The van der Waals surface area contributed by atoms with Crippen LogP contribution in [0.15, 0.2) is 24.9 Å². The Balaban J connectivity index is 2.68. The van der Waals surface area contributed by atoms with Crippen LogP contribution < -0.4 is 0 Å². The number of aromatic nitrogens is 2. The molecule has 0 fully saturated rings. The molecule has 0 aliphatic rings. The molecule has 1 aromatic rings. The van der Waals surface area contributed by atoms with E-state index < -0.39 is 5.97 Å². The SMILES string of the molecule is C=CCN(CC(=O)OCC)C(=O)c1ccn[nH]1. The first kappa shape index (κ1) is 13.0.